The number of aromatic nitrogens is 1. The van der Waals surface area contributed by atoms with Gasteiger partial charge in [-0.2, -0.15) is 0 Å². The Hall–Kier alpha value is -1.11. The zero-order valence-electron chi connectivity index (χ0n) is 7.14. The van der Waals surface area contributed by atoms with Gasteiger partial charge in [-0.3, -0.25) is 4.98 Å². The first-order chi connectivity index (χ1) is 6.11. The number of nitrogens with zero attached hydrogens (tertiary/aromatic N) is 1. The van der Waals surface area contributed by atoms with Crippen molar-refractivity contribution in [1.29, 1.82) is 0 Å². The molecule has 0 aliphatic heterocycles. The van der Waals surface area contributed by atoms with Crippen LogP contribution in [0, 0.1) is 6.92 Å². The predicted octanol–water partition coefficient (Wildman–Crippen LogP) is -0.769. The molecule has 0 saturated heterocycles. The Kier molecular flexibility index (Phi) is 3.24. The Morgan fingerprint density at radius 1 is 1.46 bits per heavy atom. The lowest BCUT2D eigenvalue weighted by molar-refractivity contribution is 0.272. The van der Waals surface area contributed by atoms with Gasteiger partial charge in [0, 0.05) is 11.8 Å². The fourth-order valence-electron chi connectivity index (χ4n) is 0.974. The molecule has 0 fully saturated rings. The quantitative estimate of drug-likeness (QED) is 0.536. The summed E-state index contributed by atoms with van der Waals surface area (Å²) in [5.74, 6) is 0.270. The third-order valence-corrected chi connectivity index (χ3v) is 1.38. The van der Waals surface area contributed by atoms with Crippen molar-refractivity contribution in [2.45, 2.75) is 13.5 Å². The second-order valence-electron chi connectivity index (χ2n) is 2.54. The molecule has 0 spiro atoms. The molecule has 0 saturated carbocycles. The van der Waals surface area contributed by atoms with Crippen LogP contribution in [0.5, 0.6) is 5.75 Å². The molecule has 1 aromatic heterocycles. The van der Waals surface area contributed by atoms with E-state index in [2.05, 4.69) is 9.64 Å². The Morgan fingerprint density at radius 3 is 2.69 bits per heavy atom. The van der Waals surface area contributed by atoms with Crippen molar-refractivity contribution in [2.75, 3.05) is 0 Å². The van der Waals surface area contributed by atoms with Gasteiger partial charge in [0.1, 0.15) is 5.75 Å². The molecule has 1 rings (SSSR count). The molecule has 0 aliphatic carbocycles. The molecule has 13 heavy (non-hydrogen) atoms. The summed E-state index contributed by atoms with van der Waals surface area (Å²) in [6.07, 6.45) is 0. The standard InChI is InChI=1S/C7H10BNO4/c1-5-2-7(13-8(11)12)3-6(4-10)9-5/h2-3,10-12H,4H2,1H3. The Morgan fingerprint density at radius 2 is 2.15 bits per heavy atom. The van der Waals surface area contributed by atoms with Crippen LogP contribution in [0.2, 0.25) is 0 Å². The molecular weight excluding hydrogens is 173 g/mol. The molecule has 0 amide bonds. The highest BCUT2D eigenvalue weighted by molar-refractivity contribution is 6.33. The van der Waals surface area contributed by atoms with Crippen LogP contribution in [0.4, 0.5) is 0 Å². The first-order valence-electron chi connectivity index (χ1n) is 3.73. The molecule has 0 bridgehead atoms. The first-order valence-corrected chi connectivity index (χ1v) is 3.73. The van der Waals surface area contributed by atoms with Crippen molar-refractivity contribution in [1.82, 2.24) is 4.98 Å². The summed E-state index contributed by atoms with van der Waals surface area (Å²) in [6.45, 7) is 1.51. The summed E-state index contributed by atoms with van der Waals surface area (Å²) in [7, 11) is -1.85. The summed E-state index contributed by atoms with van der Waals surface area (Å²) in [4.78, 5) is 3.97. The van der Waals surface area contributed by atoms with E-state index in [1.807, 2.05) is 0 Å². The minimum atomic E-state index is -1.85. The van der Waals surface area contributed by atoms with E-state index in [4.69, 9.17) is 15.2 Å². The average molecular weight is 183 g/mol. The highest BCUT2D eigenvalue weighted by Crippen LogP contribution is 2.13. The van der Waals surface area contributed by atoms with Gasteiger partial charge >= 0.3 is 7.32 Å². The molecule has 0 atom stereocenters. The molecule has 70 valence electrons. The smallest absolute Gasteiger partial charge is 0.512 e. The lowest BCUT2D eigenvalue weighted by Gasteiger charge is -2.06. The van der Waals surface area contributed by atoms with E-state index in [-0.39, 0.29) is 12.4 Å². The molecule has 6 heteroatoms. The maximum absolute atomic E-state index is 8.78. The van der Waals surface area contributed by atoms with Gasteiger partial charge in [0.2, 0.25) is 0 Å². The summed E-state index contributed by atoms with van der Waals surface area (Å²) < 4.78 is 4.60. The van der Waals surface area contributed by atoms with Crippen LogP contribution in [-0.2, 0) is 6.61 Å². The maximum atomic E-state index is 8.78. The number of hydrogen-bond donors (Lipinski definition) is 3. The number of hydrogen-bond acceptors (Lipinski definition) is 5. The summed E-state index contributed by atoms with van der Waals surface area (Å²) >= 11 is 0. The number of aliphatic hydroxyl groups excluding tert-OH is 1. The van der Waals surface area contributed by atoms with E-state index in [0.29, 0.717) is 11.4 Å². The molecule has 3 N–H and O–H groups in total. The van der Waals surface area contributed by atoms with Crippen LogP contribution >= 0.6 is 0 Å². The Bertz CT molecular complexity index is 292. The summed E-state index contributed by atoms with van der Waals surface area (Å²) in [5.41, 5.74) is 1.07. The largest absolute Gasteiger partial charge is 0.707 e. The van der Waals surface area contributed by atoms with Gasteiger partial charge in [-0.25, -0.2) is 0 Å². The van der Waals surface area contributed by atoms with Crippen molar-refractivity contribution in [3.05, 3.63) is 23.5 Å². The normalized spacial score (nSPS) is 9.85. The van der Waals surface area contributed by atoms with Crippen molar-refractivity contribution in [2.24, 2.45) is 0 Å². The minimum absolute atomic E-state index is 0.209. The zero-order valence-corrected chi connectivity index (χ0v) is 7.14. The fourth-order valence-corrected chi connectivity index (χ4v) is 0.974. The van der Waals surface area contributed by atoms with Gasteiger partial charge in [0.25, 0.3) is 0 Å². The molecule has 0 aliphatic rings. The van der Waals surface area contributed by atoms with Crippen LogP contribution in [0.1, 0.15) is 11.4 Å². The second-order valence-corrected chi connectivity index (χ2v) is 2.54. The van der Waals surface area contributed by atoms with Crippen LogP contribution in [0.3, 0.4) is 0 Å². The Balaban J connectivity index is 2.88. The van der Waals surface area contributed by atoms with Gasteiger partial charge < -0.3 is 19.8 Å². The minimum Gasteiger partial charge on any atom is -0.512 e. The highest BCUT2D eigenvalue weighted by Gasteiger charge is 2.11. The van der Waals surface area contributed by atoms with E-state index < -0.39 is 7.32 Å². The van der Waals surface area contributed by atoms with Crippen molar-refractivity contribution in [3.8, 4) is 5.75 Å². The van der Waals surface area contributed by atoms with Crippen molar-refractivity contribution < 1.29 is 19.8 Å². The highest BCUT2D eigenvalue weighted by atomic mass is 16.6. The van der Waals surface area contributed by atoms with E-state index in [9.17, 15) is 0 Å². The monoisotopic (exact) mass is 183 g/mol. The van der Waals surface area contributed by atoms with Crippen molar-refractivity contribution >= 4 is 7.32 Å². The van der Waals surface area contributed by atoms with Crippen LogP contribution in [-0.4, -0.2) is 27.5 Å². The van der Waals surface area contributed by atoms with Gasteiger partial charge in [0.15, 0.2) is 0 Å². The van der Waals surface area contributed by atoms with Gasteiger partial charge in [0.05, 0.1) is 12.3 Å². The van der Waals surface area contributed by atoms with Gasteiger partial charge in [-0.1, -0.05) is 0 Å². The number of rotatable bonds is 3. The third kappa shape index (κ3) is 3.02. The van der Waals surface area contributed by atoms with E-state index in [1.165, 1.54) is 6.07 Å². The molecule has 1 aromatic rings. The lowest BCUT2D eigenvalue weighted by atomic mass is 10.2. The van der Waals surface area contributed by atoms with Crippen LogP contribution in [0.25, 0.3) is 0 Å². The lowest BCUT2D eigenvalue weighted by Crippen LogP contribution is -2.20. The molecule has 0 aromatic carbocycles. The number of aliphatic hydroxyl groups is 1. The summed E-state index contributed by atoms with van der Waals surface area (Å²) in [6, 6.07) is 2.98. The predicted molar refractivity (Wildman–Crippen MR) is 45.7 cm³/mol. The number of aryl methyl sites for hydroxylation is 1. The van der Waals surface area contributed by atoms with Crippen LogP contribution < -0.4 is 4.65 Å². The molecule has 0 radical (unpaired) electrons. The molecule has 1 heterocycles. The summed E-state index contributed by atoms with van der Waals surface area (Å²) in [5, 5.41) is 25.8. The maximum Gasteiger partial charge on any atom is 0.707 e. The van der Waals surface area contributed by atoms with Crippen molar-refractivity contribution in [3.63, 3.8) is 0 Å². The van der Waals surface area contributed by atoms with E-state index in [1.54, 1.807) is 13.0 Å². The van der Waals surface area contributed by atoms with Gasteiger partial charge in [-0.05, 0) is 13.0 Å². The Labute approximate surface area is 75.8 Å². The molecular formula is C7H10BNO4. The zero-order chi connectivity index (χ0) is 9.84. The average Bonchev–Trinajstić information content (AvgIpc) is 2.01. The van der Waals surface area contributed by atoms with Gasteiger partial charge in [-0.15, -0.1) is 0 Å². The SMILES string of the molecule is Cc1cc(OB(O)O)cc(CO)n1. The topological polar surface area (TPSA) is 82.8 Å². The fraction of sp³-hybridized carbons (Fsp3) is 0.286. The third-order valence-electron chi connectivity index (χ3n) is 1.38. The first kappa shape index (κ1) is 9.98. The van der Waals surface area contributed by atoms with E-state index >= 15 is 0 Å². The molecule has 5 nitrogen and oxygen atoms in total. The number of pyridine rings is 1. The second kappa shape index (κ2) is 4.22. The van der Waals surface area contributed by atoms with Crippen LogP contribution in [0.15, 0.2) is 12.1 Å². The van der Waals surface area contributed by atoms with E-state index in [0.717, 1.165) is 0 Å². The molecule has 0 unspecified atom stereocenters.